The fourth-order valence-electron chi connectivity index (χ4n) is 3.68. The van der Waals surface area contributed by atoms with E-state index in [9.17, 15) is 18.0 Å². The van der Waals surface area contributed by atoms with Gasteiger partial charge in [0.2, 0.25) is 0 Å². The van der Waals surface area contributed by atoms with Crippen LogP contribution < -0.4 is 0 Å². The minimum absolute atomic E-state index is 0.0385. The van der Waals surface area contributed by atoms with Crippen molar-refractivity contribution < 1.29 is 18.0 Å². The number of aromatic nitrogens is 1. The quantitative estimate of drug-likeness (QED) is 0.615. The van der Waals surface area contributed by atoms with E-state index >= 15 is 0 Å². The molecule has 0 aliphatic heterocycles. The second-order valence-corrected chi connectivity index (χ2v) is 6.29. The van der Waals surface area contributed by atoms with Crippen molar-refractivity contribution in [1.29, 1.82) is 5.26 Å². The van der Waals surface area contributed by atoms with Crippen molar-refractivity contribution in [3.05, 3.63) is 64.8 Å². The monoisotopic (exact) mass is 354 g/mol. The number of ketones is 1. The molecule has 2 aromatic carbocycles. The molecule has 0 N–H and O–H groups in total. The number of benzene rings is 2. The molecule has 6 heteroatoms. The van der Waals surface area contributed by atoms with Crippen LogP contribution in [-0.4, -0.2) is 10.4 Å². The maximum atomic E-state index is 13.7. The molecule has 4 rings (SSSR count). The van der Waals surface area contributed by atoms with Crippen molar-refractivity contribution in [3.63, 3.8) is 0 Å². The minimum atomic E-state index is -4.61. The van der Waals surface area contributed by atoms with Gasteiger partial charge in [0.05, 0.1) is 28.4 Å². The van der Waals surface area contributed by atoms with Gasteiger partial charge in [-0.1, -0.05) is 18.2 Å². The zero-order valence-corrected chi connectivity index (χ0v) is 13.6. The van der Waals surface area contributed by atoms with E-state index in [1.54, 1.807) is 30.3 Å². The van der Waals surface area contributed by atoms with Crippen LogP contribution in [0.15, 0.2) is 42.5 Å². The summed E-state index contributed by atoms with van der Waals surface area (Å²) in [6.45, 7) is 0. The number of carbonyl (C=O) groups is 1. The molecule has 0 atom stereocenters. The molecule has 0 bridgehead atoms. The second kappa shape index (κ2) is 5.73. The lowest BCUT2D eigenvalue weighted by atomic mass is 9.94. The van der Waals surface area contributed by atoms with Crippen molar-refractivity contribution in [1.82, 2.24) is 4.57 Å². The van der Waals surface area contributed by atoms with Gasteiger partial charge in [-0.3, -0.25) is 4.79 Å². The molecule has 130 valence electrons. The zero-order valence-electron chi connectivity index (χ0n) is 13.6. The van der Waals surface area contributed by atoms with E-state index < -0.39 is 11.7 Å². The molecular weight excluding hydrogens is 341 g/mol. The van der Waals surface area contributed by atoms with Gasteiger partial charge in [-0.05, 0) is 37.1 Å². The largest absolute Gasteiger partial charge is 0.418 e. The number of fused-ring (bicyclic) bond motifs is 3. The first-order valence-corrected chi connectivity index (χ1v) is 8.19. The molecule has 0 amide bonds. The Morgan fingerprint density at radius 1 is 1.08 bits per heavy atom. The SMILES string of the molecule is N#Cc1ccc(-n2c3c(c4ccccc42)C(=O)CCC3)c(C(F)(F)F)c1. The Hall–Kier alpha value is -3.07. The summed E-state index contributed by atoms with van der Waals surface area (Å²) in [5.74, 6) is -0.0385. The predicted molar refractivity (Wildman–Crippen MR) is 90.3 cm³/mol. The molecule has 0 radical (unpaired) electrons. The number of nitrogens with zero attached hydrogens (tertiary/aromatic N) is 2. The molecule has 3 nitrogen and oxygen atoms in total. The summed E-state index contributed by atoms with van der Waals surface area (Å²) >= 11 is 0. The molecule has 0 spiro atoms. The lowest BCUT2D eigenvalue weighted by Crippen LogP contribution is -2.16. The van der Waals surface area contributed by atoms with E-state index in [4.69, 9.17) is 5.26 Å². The van der Waals surface area contributed by atoms with Gasteiger partial charge in [0, 0.05) is 23.1 Å². The number of para-hydroxylation sites is 1. The standard InChI is InChI=1S/C20H13F3N2O/c21-20(22,23)14-10-12(11-24)8-9-16(14)25-15-5-2-1-4-13(15)19-17(25)6-3-7-18(19)26/h1-2,4-5,8-10H,3,6-7H2. The van der Waals surface area contributed by atoms with Crippen LogP contribution >= 0.6 is 0 Å². The second-order valence-electron chi connectivity index (χ2n) is 6.29. The Balaban J connectivity index is 2.12. The van der Waals surface area contributed by atoms with Gasteiger partial charge in [-0.2, -0.15) is 18.4 Å². The minimum Gasteiger partial charge on any atom is -0.312 e. The smallest absolute Gasteiger partial charge is 0.312 e. The third-order valence-electron chi connectivity index (χ3n) is 4.74. The highest BCUT2D eigenvalue weighted by atomic mass is 19.4. The Kier molecular flexibility index (Phi) is 3.62. The van der Waals surface area contributed by atoms with Gasteiger partial charge in [-0.25, -0.2) is 0 Å². The highest BCUT2D eigenvalue weighted by Crippen LogP contribution is 2.40. The van der Waals surface area contributed by atoms with Crippen molar-refractivity contribution in [3.8, 4) is 11.8 Å². The summed E-state index contributed by atoms with van der Waals surface area (Å²) in [4.78, 5) is 12.4. The van der Waals surface area contributed by atoms with E-state index in [0.717, 1.165) is 6.07 Å². The van der Waals surface area contributed by atoms with Gasteiger partial charge < -0.3 is 4.57 Å². The fourth-order valence-corrected chi connectivity index (χ4v) is 3.68. The van der Waals surface area contributed by atoms with E-state index in [-0.39, 0.29) is 17.0 Å². The van der Waals surface area contributed by atoms with Crippen molar-refractivity contribution >= 4 is 16.7 Å². The number of rotatable bonds is 1. The number of Topliss-reactive ketones (excluding diaryl/α,β-unsaturated/α-hetero) is 1. The van der Waals surface area contributed by atoms with E-state index in [2.05, 4.69) is 0 Å². The Morgan fingerprint density at radius 2 is 1.85 bits per heavy atom. The highest BCUT2D eigenvalue weighted by Gasteiger charge is 2.36. The zero-order chi connectivity index (χ0) is 18.5. The molecule has 0 saturated carbocycles. The molecule has 1 aliphatic rings. The Bertz CT molecular complexity index is 1090. The van der Waals surface area contributed by atoms with Gasteiger partial charge in [0.15, 0.2) is 5.78 Å². The molecule has 1 aliphatic carbocycles. The van der Waals surface area contributed by atoms with Crippen LogP contribution in [0.2, 0.25) is 0 Å². The molecule has 0 saturated heterocycles. The number of carbonyl (C=O) groups excluding carboxylic acids is 1. The maximum Gasteiger partial charge on any atom is 0.418 e. The molecule has 0 fully saturated rings. The molecular formula is C20H13F3N2O. The number of hydrogen-bond acceptors (Lipinski definition) is 2. The third-order valence-corrected chi connectivity index (χ3v) is 4.74. The van der Waals surface area contributed by atoms with Crippen LogP contribution in [0.4, 0.5) is 13.2 Å². The number of halogens is 3. The van der Waals surface area contributed by atoms with Crippen LogP contribution in [0.5, 0.6) is 0 Å². The normalized spacial score (nSPS) is 14.3. The summed E-state index contributed by atoms with van der Waals surface area (Å²) in [7, 11) is 0. The van der Waals surface area contributed by atoms with Crippen LogP contribution in [0.25, 0.3) is 16.6 Å². The summed E-state index contributed by atoms with van der Waals surface area (Å²) in [6.07, 6.45) is -3.06. The van der Waals surface area contributed by atoms with E-state index in [1.165, 1.54) is 16.7 Å². The molecule has 0 unspecified atom stereocenters. The van der Waals surface area contributed by atoms with Crippen LogP contribution in [0, 0.1) is 11.3 Å². The third kappa shape index (κ3) is 2.39. The average Bonchev–Trinajstić information content (AvgIpc) is 2.96. The predicted octanol–water partition coefficient (Wildman–Crippen LogP) is 5.04. The Morgan fingerprint density at radius 3 is 2.58 bits per heavy atom. The fraction of sp³-hybridized carbons (Fsp3) is 0.200. The summed E-state index contributed by atoms with van der Waals surface area (Å²) in [5, 5.41) is 9.65. The summed E-state index contributed by atoms with van der Waals surface area (Å²) in [5.41, 5.74) is 0.717. The van der Waals surface area contributed by atoms with Crippen LogP contribution in [0.1, 0.15) is 40.0 Å². The first-order chi connectivity index (χ1) is 12.4. The van der Waals surface area contributed by atoms with E-state index in [0.29, 0.717) is 41.4 Å². The van der Waals surface area contributed by atoms with E-state index in [1.807, 2.05) is 0 Å². The number of alkyl halides is 3. The number of nitriles is 1. The van der Waals surface area contributed by atoms with Gasteiger partial charge in [-0.15, -0.1) is 0 Å². The van der Waals surface area contributed by atoms with Gasteiger partial charge in [0.1, 0.15) is 0 Å². The molecule has 1 aromatic heterocycles. The number of hydrogen-bond donors (Lipinski definition) is 0. The van der Waals surface area contributed by atoms with Crippen LogP contribution in [-0.2, 0) is 12.6 Å². The van der Waals surface area contributed by atoms with Crippen molar-refractivity contribution in [2.45, 2.75) is 25.4 Å². The lowest BCUT2D eigenvalue weighted by molar-refractivity contribution is -0.137. The van der Waals surface area contributed by atoms with Crippen molar-refractivity contribution in [2.24, 2.45) is 0 Å². The Labute approximate surface area is 147 Å². The summed E-state index contributed by atoms with van der Waals surface area (Å²) in [6, 6.07) is 12.3. The highest BCUT2D eigenvalue weighted by molar-refractivity contribution is 6.10. The van der Waals surface area contributed by atoms with Crippen molar-refractivity contribution in [2.75, 3.05) is 0 Å². The molecule has 1 heterocycles. The maximum absolute atomic E-state index is 13.7. The topological polar surface area (TPSA) is 45.8 Å². The summed E-state index contributed by atoms with van der Waals surface area (Å²) < 4.78 is 42.6. The molecule has 26 heavy (non-hydrogen) atoms. The first kappa shape index (κ1) is 16.4. The van der Waals surface area contributed by atoms with Gasteiger partial charge >= 0.3 is 6.18 Å². The van der Waals surface area contributed by atoms with Gasteiger partial charge in [0.25, 0.3) is 0 Å². The first-order valence-electron chi connectivity index (χ1n) is 8.19. The lowest BCUT2D eigenvalue weighted by Gasteiger charge is -2.19. The molecule has 3 aromatic rings. The van der Waals surface area contributed by atoms with Crippen LogP contribution in [0.3, 0.4) is 0 Å². The average molecular weight is 354 g/mol.